The van der Waals surface area contributed by atoms with Crippen LogP contribution < -0.4 is 9.80 Å². The number of hydrogen-bond acceptors (Lipinski definition) is 2. The van der Waals surface area contributed by atoms with Crippen LogP contribution in [-0.2, 0) is 5.41 Å². The first-order valence-corrected chi connectivity index (χ1v) is 24.0. The minimum Gasteiger partial charge on any atom is -0.314 e. The number of hydrogen-bond donors (Lipinski definition) is 0. The first-order valence-electron chi connectivity index (χ1n) is 24.0. The second-order valence-corrected chi connectivity index (χ2v) is 18.9. The zero-order valence-corrected chi connectivity index (χ0v) is 36.9. The van der Waals surface area contributed by atoms with Crippen molar-refractivity contribution in [2.45, 2.75) is 63.7 Å². The molecule has 64 heavy (non-hydrogen) atoms. The summed E-state index contributed by atoms with van der Waals surface area (Å²) in [5.74, 6) is 1.25. The molecular weight excluding hydrogens is 773 g/mol. The molecule has 5 aromatic rings. The maximum atomic E-state index is 2.64. The van der Waals surface area contributed by atoms with Gasteiger partial charge in [0.1, 0.15) is 0 Å². The van der Waals surface area contributed by atoms with E-state index in [1.165, 1.54) is 97.9 Å². The molecule has 5 atom stereocenters. The highest BCUT2D eigenvalue weighted by molar-refractivity contribution is 5.89. The Morgan fingerprint density at radius 1 is 0.594 bits per heavy atom. The standard InChI is InChI=1S/C62H56N2/c1-43-40-58-61(60(41-43)63(47-24-10-4-11-25-47)49-36-34-45(35-37-49)44-20-6-2-7-21-44)54-30-15-18-32-56(54)62(58)55-31-17-14-29-52(55)53-39-38-50(42-57(53)62)64(48-26-12-5-13-27-48)59-33-19-16-28-51(59)46-22-8-3-9-23-46/h2,5-8,10,12-18,20-22,24-32,34-39,41-43,46,54,56H,3-4,9,11,19,23,33,40H2,1H3. The summed E-state index contributed by atoms with van der Waals surface area (Å²) in [6.45, 7) is 2.45. The van der Waals surface area contributed by atoms with Crippen molar-refractivity contribution < 1.29 is 0 Å². The van der Waals surface area contributed by atoms with Crippen LogP contribution in [0.2, 0.25) is 0 Å². The third-order valence-electron chi connectivity index (χ3n) is 15.2. The average molecular weight is 829 g/mol. The van der Waals surface area contributed by atoms with Crippen molar-refractivity contribution in [3.63, 3.8) is 0 Å². The van der Waals surface area contributed by atoms with Gasteiger partial charge >= 0.3 is 0 Å². The van der Waals surface area contributed by atoms with Crippen LogP contribution in [0.15, 0.2) is 234 Å². The molecule has 0 fully saturated rings. The summed E-state index contributed by atoms with van der Waals surface area (Å²) in [6.07, 6.45) is 38.2. The second kappa shape index (κ2) is 16.2. The van der Waals surface area contributed by atoms with Gasteiger partial charge in [0.2, 0.25) is 0 Å². The smallest absolute Gasteiger partial charge is 0.0502 e. The molecule has 5 aromatic carbocycles. The Hall–Kier alpha value is -6.64. The van der Waals surface area contributed by atoms with Gasteiger partial charge in [0.15, 0.2) is 0 Å². The number of nitrogens with zero attached hydrogens (tertiary/aromatic N) is 2. The van der Waals surface area contributed by atoms with Crippen molar-refractivity contribution in [2.24, 2.45) is 23.7 Å². The molecule has 2 heteroatoms. The first-order chi connectivity index (χ1) is 31.7. The molecule has 0 saturated heterocycles. The lowest BCUT2D eigenvalue weighted by molar-refractivity contribution is 0.420. The van der Waals surface area contributed by atoms with Crippen molar-refractivity contribution in [1.29, 1.82) is 0 Å². The Morgan fingerprint density at radius 2 is 1.33 bits per heavy atom. The van der Waals surface area contributed by atoms with Crippen LogP contribution in [0.3, 0.4) is 0 Å². The van der Waals surface area contributed by atoms with E-state index < -0.39 is 0 Å². The Balaban J connectivity index is 1.07. The van der Waals surface area contributed by atoms with E-state index in [1.807, 2.05) is 0 Å². The van der Waals surface area contributed by atoms with Gasteiger partial charge in [-0.2, -0.15) is 0 Å². The SMILES string of the molecule is CC1C=C(N(C2=CCCC=C2)c2ccc(-c3ccccc3)cc2)C2=C(C1)C1(c3ccccc3-c3ccc(N(C4=C(C5C=CCCC5)C=CCC4)c4ccccc4)cc31)C1C=CC=CC21. The largest absolute Gasteiger partial charge is 0.314 e. The second-order valence-electron chi connectivity index (χ2n) is 18.9. The maximum absolute atomic E-state index is 2.64. The Labute approximate surface area is 380 Å². The molecule has 7 aliphatic rings. The van der Waals surface area contributed by atoms with Gasteiger partial charge in [0, 0.05) is 51.9 Å². The van der Waals surface area contributed by atoms with Gasteiger partial charge in [-0.25, -0.2) is 0 Å². The summed E-state index contributed by atoms with van der Waals surface area (Å²) in [5.41, 5.74) is 20.2. The average Bonchev–Trinajstić information content (AvgIpc) is 3.83. The van der Waals surface area contributed by atoms with E-state index in [1.54, 1.807) is 5.57 Å². The lowest BCUT2D eigenvalue weighted by Gasteiger charge is -2.40. The molecule has 0 bridgehead atoms. The Bertz CT molecular complexity index is 2910. The molecule has 314 valence electrons. The van der Waals surface area contributed by atoms with Crippen LogP contribution in [-0.4, -0.2) is 0 Å². The van der Waals surface area contributed by atoms with Gasteiger partial charge in [-0.3, -0.25) is 0 Å². The molecule has 5 unspecified atom stereocenters. The van der Waals surface area contributed by atoms with E-state index in [4.69, 9.17) is 0 Å². The molecule has 0 aliphatic heterocycles. The maximum Gasteiger partial charge on any atom is 0.0502 e. The summed E-state index contributed by atoms with van der Waals surface area (Å²) in [7, 11) is 0. The Kier molecular flexibility index (Phi) is 9.85. The normalized spacial score (nSPS) is 24.9. The van der Waals surface area contributed by atoms with E-state index >= 15 is 0 Å². The van der Waals surface area contributed by atoms with Crippen LogP contribution >= 0.6 is 0 Å². The van der Waals surface area contributed by atoms with Gasteiger partial charge < -0.3 is 9.80 Å². The molecule has 0 heterocycles. The van der Waals surface area contributed by atoms with E-state index in [0.717, 1.165) is 32.1 Å². The molecule has 1 spiro atoms. The highest BCUT2D eigenvalue weighted by atomic mass is 15.2. The summed E-state index contributed by atoms with van der Waals surface area (Å²) >= 11 is 0. The van der Waals surface area contributed by atoms with E-state index in [0.29, 0.717) is 11.8 Å². The monoisotopic (exact) mass is 828 g/mol. The highest BCUT2D eigenvalue weighted by Gasteiger charge is 2.59. The van der Waals surface area contributed by atoms with Gasteiger partial charge in [0.05, 0.1) is 5.41 Å². The highest BCUT2D eigenvalue weighted by Crippen LogP contribution is 2.68. The molecule has 0 N–H and O–H groups in total. The minimum atomic E-state index is -0.325. The van der Waals surface area contributed by atoms with Gasteiger partial charge in [-0.1, -0.05) is 165 Å². The zero-order chi connectivity index (χ0) is 42.6. The van der Waals surface area contributed by atoms with Crippen molar-refractivity contribution in [1.82, 2.24) is 0 Å². The molecule has 7 aliphatic carbocycles. The van der Waals surface area contributed by atoms with E-state index in [-0.39, 0.29) is 17.3 Å². The number of para-hydroxylation sites is 1. The van der Waals surface area contributed by atoms with Crippen LogP contribution in [0.25, 0.3) is 22.3 Å². The van der Waals surface area contributed by atoms with Crippen LogP contribution in [0.1, 0.15) is 69.4 Å². The molecule has 0 amide bonds. The predicted octanol–water partition coefficient (Wildman–Crippen LogP) is 16.1. The molecule has 0 saturated carbocycles. The number of fused-ring (bicyclic) bond motifs is 9. The minimum absolute atomic E-state index is 0.224. The Morgan fingerprint density at radius 3 is 2.14 bits per heavy atom. The fourth-order valence-electron chi connectivity index (χ4n) is 12.6. The first kappa shape index (κ1) is 39.0. The number of benzene rings is 5. The summed E-state index contributed by atoms with van der Waals surface area (Å²) in [5, 5.41) is 0. The molecular formula is C62H56N2. The van der Waals surface area contributed by atoms with E-state index in [9.17, 15) is 0 Å². The summed E-state index contributed by atoms with van der Waals surface area (Å²) in [4.78, 5) is 5.24. The van der Waals surface area contributed by atoms with Gasteiger partial charge in [-0.05, 0) is 150 Å². The fraction of sp³-hybridized carbons (Fsp3) is 0.226. The number of rotatable bonds is 8. The van der Waals surface area contributed by atoms with Crippen molar-refractivity contribution in [2.75, 3.05) is 9.80 Å². The molecule has 0 aromatic heterocycles. The van der Waals surface area contributed by atoms with Crippen molar-refractivity contribution in [3.8, 4) is 22.3 Å². The molecule has 12 rings (SSSR count). The topological polar surface area (TPSA) is 6.48 Å². The van der Waals surface area contributed by atoms with Gasteiger partial charge in [0.25, 0.3) is 0 Å². The summed E-state index contributed by atoms with van der Waals surface area (Å²) < 4.78 is 0. The van der Waals surface area contributed by atoms with Gasteiger partial charge in [-0.15, -0.1) is 0 Å². The lowest BCUT2D eigenvalue weighted by atomic mass is 9.63. The predicted molar refractivity (Wildman–Crippen MR) is 268 cm³/mol. The van der Waals surface area contributed by atoms with Crippen LogP contribution in [0, 0.1) is 23.7 Å². The fourth-order valence-corrected chi connectivity index (χ4v) is 12.6. The van der Waals surface area contributed by atoms with E-state index in [2.05, 4.69) is 217 Å². The summed E-state index contributed by atoms with van der Waals surface area (Å²) in [6, 6.07) is 48.3. The quantitative estimate of drug-likeness (QED) is 0.144. The third-order valence-corrected chi connectivity index (χ3v) is 15.2. The number of anilines is 3. The zero-order valence-electron chi connectivity index (χ0n) is 36.9. The van der Waals surface area contributed by atoms with Crippen molar-refractivity contribution >= 4 is 17.1 Å². The lowest BCUT2D eigenvalue weighted by Crippen LogP contribution is -2.35. The van der Waals surface area contributed by atoms with Crippen LogP contribution in [0.5, 0.6) is 0 Å². The third kappa shape index (κ3) is 6.28. The van der Waals surface area contributed by atoms with Crippen LogP contribution in [0.4, 0.5) is 17.1 Å². The van der Waals surface area contributed by atoms with Crippen molar-refractivity contribution in [3.05, 3.63) is 245 Å². The molecule has 2 nitrogen and oxygen atoms in total. The molecule has 0 radical (unpaired) electrons. The number of allylic oxidation sites excluding steroid dienone is 16.